The van der Waals surface area contributed by atoms with Crippen LogP contribution in [0.5, 0.6) is 11.6 Å². The summed E-state index contributed by atoms with van der Waals surface area (Å²) in [7, 11) is 0. The highest BCUT2D eigenvalue weighted by molar-refractivity contribution is 5.92. The Morgan fingerprint density at radius 3 is 2.76 bits per heavy atom. The summed E-state index contributed by atoms with van der Waals surface area (Å²) >= 11 is 0. The van der Waals surface area contributed by atoms with E-state index in [9.17, 15) is 14.0 Å². The van der Waals surface area contributed by atoms with E-state index in [0.29, 0.717) is 18.1 Å². The second kappa shape index (κ2) is 6.39. The van der Waals surface area contributed by atoms with Crippen LogP contribution in [0.3, 0.4) is 0 Å². The van der Waals surface area contributed by atoms with Crippen molar-refractivity contribution in [2.45, 2.75) is 6.42 Å². The second-order valence-corrected chi connectivity index (χ2v) is 4.06. The first-order chi connectivity index (χ1) is 10.2. The normalized spacial score (nSPS) is 9.71. The Kier molecular flexibility index (Phi) is 4.36. The number of nitriles is 1. The maximum absolute atomic E-state index is 13.7. The third-order valence-electron chi connectivity index (χ3n) is 2.72. The lowest BCUT2D eigenvalue weighted by atomic mass is 10.1. The molecule has 0 saturated carbocycles. The van der Waals surface area contributed by atoms with Crippen molar-refractivity contribution < 1.29 is 18.7 Å². The van der Waals surface area contributed by atoms with Crippen LogP contribution in [0.25, 0.3) is 0 Å². The van der Waals surface area contributed by atoms with Gasteiger partial charge in [0.25, 0.3) is 0 Å². The van der Waals surface area contributed by atoms with Crippen molar-refractivity contribution in [3.05, 3.63) is 53.0 Å². The first kappa shape index (κ1) is 14.3. The summed E-state index contributed by atoms with van der Waals surface area (Å²) in [6, 6.07) is 7.26. The minimum atomic E-state index is -0.660. The number of carbonyl (C=O) groups is 2. The minimum absolute atomic E-state index is 0.0578. The molecule has 1 heterocycles. The third kappa shape index (κ3) is 3.09. The number of nitrogens with zero attached hydrogens (tertiary/aromatic N) is 2. The van der Waals surface area contributed by atoms with E-state index in [1.807, 2.05) is 6.07 Å². The molecule has 21 heavy (non-hydrogen) atoms. The van der Waals surface area contributed by atoms with Crippen LogP contribution in [0.1, 0.15) is 26.3 Å². The Morgan fingerprint density at radius 1 is 1.29 bits per heavy atom. The number of rotatable bonds is 5. The molecule has 0 fully saturated rings. The van der Waals surface area contributed by atoms with Crippen molar-refractivity contribution in [3.8, 4) is 17.7 Å². The number of hydrogen-bond donors (Lipinski definition) is 0. The Labute approximate surface area is 119 Å². The molecule has 5 nitrogen and oxygen atoms in total. The van der Waals surface area contributed by atoms with Crippen LogP contribution in [0.2, 0.25) is 0 Å². The Hall–Kier alpha value is -3.07. The van der Waals surface area contributed by atoms with Gasteiger partial charge < -0.3 is 4.74 Å². The van der Waals surface area contributed by atoms with Gasteiger partial charge in [-0.2, -0.15) is 5.26 Å². The van der Waals surface area contributed by atoms with Gasteiger partial charge in [0.1, 0.15) is 0 Å². The molecule has 0 saturated heterocycles. The van der Waals surface area contributed by atoms with E-state index in [2.05, 4.69) is 4.98 Å². The second-order valence-electron chi connectivity index (χ2n) is 4.06. The standard InChI is InChI=1S/C15H9FN2O3/c16-13-2-1-10(3-5-17)7-14(13)21-15-12(9-20)11(8-19)4-6-18-15/h1-2,4,6-9H,3H2. The van der Waals surface area contributed by atoms with Crippen LogP contribution in [0, 0.1) is 17.1 Å². The molecule has 0 aliphatic rings. The third-order valence-corrected chi connectivity index (χ3v) is 2.72. The van der Waals surface area contributed by atoms with Gasteiger partial charge in [-0.15, -0.1) is 0 Å². The number of aromatic nitrogens is 1. The van der Waals surface area contributed by atoms with Crippen LogP contribution in [-0.2, 0) is 6.42 Å². The van der Waals surface area contributed by atoms with Crippen LogP contribution in [-0.4, -0.2) is 17.6 Å². The van der Waals surface area contributed by atoms with Crippen molar-refractivity contribution >= 4 is 12.6 Å². The Balaban J connectivity index is 2.43. The topological polar surface area (TPSA) is 80.0 Å². The zero-order chi connectivity index (χ0) is 15.2. The lowest BCUT2D eigenvalue weighted by molar-refractivity contribution is 0.109. The summed E-state index contributed by atoms with van der Waals surface area (Å²) in [6.07, 6.45) is 2.28. The average molecular weight is 284 g/mol. The number of halogens is 1. The van der Waals surface area contributed by atoms with Gasteiger partial charge >= 0.3 is 0 Å². The molecule has 1 aromatic heterocycles. The molecule has 1 aromatic carbocycles. The molecule has 0 radical (unpaired) electrons. The van der Waals surface area contributed by atoms with Crippen LogP contribution in [0.4, 0.5) is 4.39 Å². The lowest BCUT2D eigenvalue weighted by Crippen LogP contribution is -2.00. The molecular weight excluding hydrogens is 275 g/mol. The largest absolute Gasteiger partial charge is 0.435 e. The highest BCUT2D eigenvalue weighted by atomic mass is 19.1. The Morgan fingerprint density at radius 2 is 2.10 bits per heavy atom. The summed E-state index contributed by atoms with van der Waals surface area (Å²) in [4.78, 5) is 25.7. The number of carbonyl (C=O) groups excluding carboxylic acids is 2. The monoisotopic (exact) mass is 284 g/mol. The molecule has 0 spiro atoms. The predicted octanol–water partition coefficient (Wildman–Crippen LogP) is 2.70. The summed E-state index contributed by atoms with van der Waals surface area (Å²) < 4.78 is 19.0. The summed E-state index contributed by atoms with van der Waals surface area (Å²) in [5.74, 6) is -0.990. The molecule has 0 unspecified atom stereocenters. The molecule has 0 bridgehead atoms. The van der Waals surface area contributed by atoms with Gasteiger partial charge in [0.2, 0.25) is 5.88 Å². The zero-order valence-electron chi connectivity index (χ0n) is 10.7. The molecule has 6 heteroatoms. The van der Waals surface area contributed by atoms with E-state index in [4.69, 9.17) is 10.00 Å². The van der Waals surface area contributed by atoms with Crippen molar-refractivity contribution in [2.75, 3.05) is 0 Å². The summed E-state index contributed by atoms with van der Waals surface area (Å²) in [5, 5.41) is 8.64. The fraction of sp³-hybridized carbons (Fsp3) is 0.0667. The number of aldehydes is 2. The highest BCUT2D eigenvalue weighted by Crippen LogP contribution is 2.27. The van der Waals surface area contributed by atoms with E-state index < -0.39 is 5.82 Å². The molecule has 0 N–H and O–H groups in total. The number of ether oxygens (including phenoxy) is 1. The minimum Gasteiger partial charge on any atom is -0.435 e. The average Bonchev–Trinajstić information content (AvgIpc) is 2.50. The van der Waals surface area contributed by atoms with Gasteiger partial charge in [-0.1, -0.05) is 6.07 Å². The molecule has 0 aliphatic heterocycles. The van der Waals surface area contributed by atoms with E-state index in [-0.39, 0.29) is 29.2 Å². The molecule has 0 amide bonds. The van der Waals surface area contributed by atoms with Gasteiger partial charge in [-0.3, -0.25) is 9.59 Å². The fourth-order valence-corrected chi connectivity index (χ4v) is 1.70. The highest BCUT2D eigenvalue weighted by Gasteiger charge is 2.13. The first-order valence-electron chi connectivity index (χ1n) is 5.92. The van der Waals surface area contributed by atoms with E-state index >= 15 is 0 Å². The SMILES string of the molecule is N#CCc1ccc(F)c(Oc2nccc(C=O)c2C=O)c1. The number of benzene rings is 1. The predicted molar refractivity (Wildman–Crippen MR) is 70.8 cm³/mol. The van der Waals surface area contributed by atoms with Crippen LogP contribution in [0.15, 0.2) is 30.5 Å². The summed E-state index contributed by atoms with van der Waals surface area (Å²) in [6.45, 7) is 0. The van der Waals surface area contributed by atoms with Crippen LogP contribution >= 0.6 is 0 Å². The fourth-order valence-electron chi connectivity index (χ4n) is 1.70. The molecule has 2 aromatic rings. The van der Waals surface area contributed by atoms with E-state index in [0.717, 1.165) is 6.07 Å². The molecule has 2 rings (SSSR count). The zero-order valence-corrected chi connectivity index (χ0v) is 10.7. The van der Waals surface area contributed by atoms with Gasteiger partial charge in [0.05, 0.1) is 18.1 Å². The van der Waals surface area contributed by atoms with Gasteiger partial charge in [0, 0.05) is 11.8 Å². The van der Waals surface area contributed by atoms with Crippen molar-refractivity contribution in [1.29, 1.82) is 5.26 Å². The quantitative estimate of drug-likeness (QED) is 0.788. The summed E-state index contributed by atoms with van der Waals surface area (Å²) in [5.41, 5.74) is 0.606. The molecular formula is C15H9FN2O3. The smallest absolute Gasteiger partial charge is 0.230 e. The van der Waals surface area contributed by atoms with Crippen molar-refractivity contribution in [3.63, 3.8) is 0 Å². The van der Waals surface area contributed by atoms with E-state index in [1.165, 1.54) is 24.4 Å². The maximum atomic E-state index is 13.7. The van der Waals surface area contributed by atoms with E-state index in [1.54, 1.807) is 0 Å². The van der Waals surface area contributed by atoms with Gasteiger partial charge in [-0.05, 0) is 23.8 Å². The lowest BCUT2D eigenvalue weighted by Gasteiger charge is -2.09. The number of hydrogen-bond acceptors (Lipinski definition) is 5. The van der Waals surface area contributed by atoms with Crippen molar-refractivity contribution in [2.24, 2.45) is 0 Å². The molecule has 0 atom stereocenters. The Bertz CT molecular complexity index is 738. The van der Waals surface area contributed by atoms with Crippen molar-refractivity contribution in [1.82, 2.24) is 4.98 Å². The van der Waals surface area contributed by atoms with Gasteiger partial charge in [-0.25, -0.2) is 9.37 Å². The van der Waals surface area contributed by atoms with Crippen LogP contribution < -0.4 is 4.74 Å². The van der Waals surface area contributed by atoms with Gasteiger partial charge in [0.15, 0.2) is 24.1 Å². The number of pyridine rings is 1. The maximum Gasteiger partial charge on any atom is 0.230 e. The molecule has 104 valence electrons. The first-order valence-corrected chi connectivity index (χ1v) is 5.92. The molecule has 0 aliphatic carbocycles.